The number of benzene rings is 2. The van der Waals surface area contributed by atoms with Gasteiger partial charge in [0.25, 0.3) is 10.0 Å². The molecule has 2 aliphatic rings. The average molecular weight is 441 g/mol. The van der Waals surface area contributed by atoms with Gasteiger partial charge >= 0.3 is 0 Å². The summed E-state index contributed by atoms with van der Waals surface area (Å²) in [5, 5.41) is 0. The van der Waals surface area contributed by atoms with Gasteiger partial charge in [0, 0.05) is 25.2 Å². The fourth-order valence-electron chi connectivity index (χ4n) is 3.94. The van der Waals surface area contributed by atoms with Gasteiger partial charge in [0.1, 0.15) is 13.2 Å². The summed E-state index contributed by atoms with van der Waals surface area (Å²) in [4.78, 5) is 11.8. The summed E-state index contributed by atoms with van der Waals surface area (Å²) in [6.07, 6.45) is 4.38. The number of anilines is 2. The first-order valence-electron chi connectivity index (χ1n) is 10.5. The van der Waals surface area contributed by atoms with E-state index in [1.54, 1.807) is 36.4 Å². The molecule has 2 aliphatic heterocycles. The highest BCUT2D eigenvalue weighted by atomic mass is 32.2. The number of fused-ring (bicyclic) bond motifs is 2. The van der Waals surface area contributed by atoms with E-state index in [1.807, 2.05) is 6.07 Å². The van der Waals surface area contributed by atoms with Gasteiger partial charge in [-0.25, -0.2) is 18.4 Å². The summed E-state index contributed by atoms with van der Waals surface area (Å²) in [5.74, 6) is 2.00. The topological polar surface area (TPSA) is 93.7 Å². The normalized spacial score (nSPS) is 16.7. The lowest BCUT2D eigenvalue weighted by atomic mass is 10.2. The Morgan fingerprint density at radius 1 is 0.839 bits per heavy atom. The van der Waals surface area contributed by atoms with Crippen LogP contribution in [0.25, 0.3) is 11.0 Å². The van der Waals surface area contributed by atoms with Crippen molar-refractivity contribution in [2.45, 2.75) is 30.6 Å². The van der Waals surface area contributed by atoms with E-state index in [9.17, 15) is 8.42 Å². The van der Waals surface area contributed by atoms with E-state index < -0.39 is 10.0 Å². The smallest absolute Gasteiger partial charge is 0.263 e. The van der Waals surface area contributed by atoms with Crippen LogP contribution in [-0.4, -0.2) is 44.7 Å². The van der Waals surface area contributed by atoms with Crippen molar-refractivity contribution in [2.24, 2.45) is 0 Å². The zero-order valence-electron chi connectivity index (χ0n) is 17.1. The molecule has 0 bridgehead atoms. The Balaban J connectivity index is 1.62. The molecule has 3 aromatic rings. The maximum atomic E-state index is 13.0. The van der Waals surface area contributed by atoms with Crippen molar-refractivity contribution in [3.05, 3.63) is 42.5 Å². The molecule has 3 heterocycles. The SMILES string of the molecule is O=S(=O)(Nc1nc2cc3c(cc2nc1N1CCCCCC1)OCCO3)c1ccccc1. The van der Waals surface area contributed by atoms with Gasteiger partial charge in [-0.15, -0.1) is 0 Å². The van der Waals surface area contributed by atoms with Gasteiger partial charge in [-0.3, -0.25) is 4.72 Å². The summed E-state index contributed by atoms with van der Waals surface area (Å²) in [7, 11) is -3.80. The fourth-order valence-corrected chi connectivity index (χ4v) is 4.97. The van der Waals surface area contributed by atoms with Crippen LogP contribution in [0.15, 0.2) is 47.4 Å². The zero-order chi connectivity index (χ0) is 21.3. The molecule has 1 N–H and O–H groups in total. The third-order valence-corrected chi connectivity index (χ3v) is 6.85. The van der Waals surface area contributed by atoms with Crippen molar-refractivity contribution in [3.8, 4) is 11.5 Å². The lowest BCUT2D eigenvalue weighted by Gasteiger charge is -2.25. The lowest BCUT2D eigenvalue weighted by Crippen LogP contribution is -2.27. The largest absolute Gasteiger partial charge is 0.486 e. The Morgan fingerprint density at radius 3 is 2.10 bits per heavy atom. The highest BCUT2D eigenvalue weighted by Gasteiger charge is 2.24. The highest BCUT2D eigenvalue weighted by molar-refractivity contribution is 7.92. The minimum atomic E-state index is -3.80. The Labute approximate surface area is 181 Å². The van der Waals surface area contributed by atoms with Crippen LogP contribution in [0.2, 0.25) is 0 Å². The van der Waals surface area contributed by atoms with E-state index in [0.29, 0.717) is 41.6 Å². The van der Waals surface area contributed by atoms with Crippen molar-refractivity contribution >= 4 is 32.7 Å². The molecule has 8 nitrogen and oxygen atoms in total. The Hall–Kier alpha value is -3.07. The summed E-state index contributed by atoms with van der Waals surface area (Å²) in [6, 6.07) is 11.9. The Kier molecular flexibility index (Phi) is 5.27. The second-order valence-electron chi connectivity index (χ2n) is 7.70. The first-order valence-corrected chi connectivity index (χ1v) is 12.0. The minimum Gasteiger partial charge on any atom is -0.486 e. The molecular weight excluding hydrogens is 416 g/mol. The van der Waals surface area contributed by atoms with Crippen molar-refractivity contribution < 1.29 is 17.9 Å². The van der Waals surface area contributed by atoms with Crippen LogP contribution >= 0.6 is 0 Å². The third kappa shape index (κ3) is 4.10. The predicted molar refractivity (Wildman–Crippen MR) is 118 cm³/mol. The van der Waals surface area contributed by atoms with E-state index in [1.165, 1.54) is 0 Å². The van der Waals surface area contributed by atoms with Crippen LogP contribution < -0.4 is 19.1 Å². The molecule has 9 heteroatoms. The molecular formula is C22H24N4O4S. The number of hydrogen-bond acceptors (Lipinski definition) is 7. The maximum Gasteiger partial charge on any atom is 0.263 e. The number of hydrogen-bond donors (Lipinski definition) is 1. The summed E-state index contributed by atoms with van der Waals surface area (Å²) >= 11 is 0. The maximum absolute atomic E-state index is 13.0. The molecule has 0 unspecified atom stereocenters. The summed E-state index contributed by atoms with van der Waals surface area (Å²) in [6.45, 7) is 2.57. The number of sulfonamides is 1. The molecule has 31 heavy (non-hydrogen) atoms. The van der Waals surface area contributed by atoms with Crippen molar-refractivity contribution in [2.75, 3.05) is 35.9 Å². The highest BCUT2D eigenvalue weighted by Crippen LogP contribution is 2.36. The molecule has 0 saturated carbocycles. The molecule has 0 atom stereocenters. The van der Waals surface area contributed by atoms with Crippen LogP contribution in [0, 0.1) is 0 Å². The summed E-state index contributed by atoms with van der Waals surface area (Å²) < 4.78 is 40.1. The molecule has 1 aromatic heterocycles. The van der Waals surface area contributed by atoms with Gasteiger partial charge in [-0.05, 0) is 25.0 Å². The Bertz CT molecular complexity index is 1190. The molecule has 1 fully saturated rings. The van der Waals surface area contributed by atoms with Crippen molar-refractivity contribution in [3.63, 3.8) is 0 Å². The Morgan fingerprint density at radius 2 is 1.45 bits per heavy atom. The van der Waals surface area contributed by atoms with Crippen LogP contribution in [0.5, 0.6) is 11.5 Å². The molecule has 5 rings (SSSR count). The molecule has 0 amide bonds. The van der Waals surface area contributed by atoms with E-state index in [-0.39, 0.29) is 10.7 Å². The van der Waals surface area contributed by atoms with Crippen LogP contribution in [0.3, 0.4) is 0 Å². The first-order chi connectivity index (χ1) is 15.1. The van der Waals surface area contributed by atoms with Gasteiger partial charge in [0.15, 0.2) is 23.1 Å². The fraction of sp³-hybridized carbons (Fsp3) is 0.364. The van der Waals surface area contributed by atoms with Gasteiger partial charge in [0.05, 0.1) is 15.9 Å². The number of nitrogens with zero attached hydrogens (tertiary/aromatic N) is 3. The van der Waals surface area contributed by atoms with E-state index in [0.717, 1.165) is 38.8 Å². The van der Waals surface area contributed by atoms with Gasteiger partial charge < -0.3 is 14.4 Å². The van der Waals surface area contributed by atoms with Crippen LogP contribution in [0.4, 0.5) is 11.6 Å². The predicted octanol–water partition coefficient (Wildman–Crippen LogP) is 3.58. The van der Waals surface area contributed by atoms with Gasteiger partial charge in [0.2, 0.25) is 0 Å². The molecule has 0 aliphatic carbocycles. The average Bonchev–Trinajstić information content (AvgIpc) is 3.07. The van der Waals surface area contributed by atoms with E-state index >= 15 is 0 Å². The monoisotopic (exact) mass is 440 g/mol. The number of aromatic nitrogens is 2. The second-order valence-corrected chi connectivity index (χ2v) is 9.38. The standard InChI is InChI=1S/C22H24N4O4S/c27-31(28,16-8-4-3-5-9-16)25-21-22(26-10-6-1-2-7-11-26)24-18-15-20-19(14-17(18)23-21)29-12-13-30-20/h3-5,8-9,14-15H,1-2,6-7,10-13H2,(H,23,25). The number of rotatable bonds is 4. The van der Waals surface area contributed by atoms with Crippen LogP contribution in [-0.2, 0) is 10.0 Å². The molecule has 0 spiro atoms. The lowest BCUT2D eigenvalue weighted by molar-refractivity contribution is 0.172. The van der Waals surface area contributed by atoms with Crippen LogP contribution in [0.1, 0.15) is 25.7 Å². The van der Waals surface area contributed by atoms with E-state index in [4.69, 9.17) is 14.5 Å². The molecule has 2 aromatic carbocycles. The van der Waals surface area contributed by atoms with Gasteiger partial charge in [-0.2, -0.15) is 0 Å². The number of ether oxygens (including phenoxy) is 2. The van der Waals surface area contributed by atoms with Crippen molar-refractivity contribution in [1.82, 2.24) is 9.97 Å². The molecule has 0 radical (unpaired) electrons. The molecule has 162 valence electrons. The number of nitrogens with one attached hydrogen (secondary N) is 1. The van der Waals surface area contributed by atoms with E-state index in [2.05, 4.69) is 14.6 Å². The zero-order valence-corrected chi connectivity index (χ0v) is 17.9. The third-order valence-electron chi connectivity index (χ3n) is 5.50. The first kappa shape index (κ1) is 19.9. The minimum absolute atomic E-state index is 0.181. The van der Waals surface area contributed by atoms with Gasteiger partial charge in [-0.1, -0.05) is 31.0 Å². The second kappa shape index (κ2) is 8.22. The summed E-state index contributed by atoms with van der Waals surface area (Å²) in [5.41, 5.74) is 1.19. The quantitative estimate of drug-likeness (QED) is 0.663. The van der Waals surface area contributed by atoms with Crippen molar-refractivity contribution in [1.29, 1.82) is 0 Å². The molecule has 1 saturated heterocycles.